The Morgan fingerprint density at radius 3 is 2.77 bits per heavy atom. The van der Waals surface area contributed by atoms with E-state index >= 15 is 0 Å². The summed E-state index contributed by atoms with van der Waals surface area (Å²) in [7, 11) is -1.60. The topological polar surface area (TPSA) is 87.3 Å². The number of ether oxygens (including phenoxy) is 1. The van der Waals surface area contributed by atoms with Gasteiger partial charge in [-0.25, -0.2) is 4.98 Å². The summed E-state index contributed by atoms with van der Waals surface area (Å²) in [5.74, 6) is 0. The lowest BCUT2D eigenvalue weighted by Gasteiger charge is -2.26. The highest BCUT2D eigenvalue weighted by Gasteiger charge is 2.14. The second kappa shape index (κ2) is 6.57. The summed E-state index contributed by atoms with van der Waals surface area (Å²) in [6, 6.07) is 3.14. The number of hydrogen-bond acceptors (Lipinski definition) is 6. The Morgan fingerprint density at radius 2 is 2.05 bits per heavy atom. The van der Waals surface area contributed by atoms with E-state index in [1.165, 1.54) is 10.6 Å². The minimum atomic E-state index is -1.60. The normalized spacial score (nSPS) is 16.1. The van der Waals surface area contributed by atoms with Gasteiger partial charge in [0.15, 0.2) is 0 Å². The molecule has 3 rings (SSSR count). The van der Waals surface area contributed by atoms with Crippen LogP contribution in [0.25, 0.3) is 5.65 Å². The molecule has 0 unspecified atom stereocenters. The Balaban J connectivity index is 1.83. The van der Waals surface area contributed by atoms with Crippen molar-refractivity contribution in [3.63, 3.8) is 0 Å². The fraction of sp³-hybridized carbons (Fsp3) is 0.429. The first-order valence-corrected chi connectivity index (χ1v) is 7.31. The fourth-order valence-corrected chi connectivity index (χ4v) is 2.56. The molecule has 116 valence electrons. The van der Waals surface area contributed by atoms with E-state index in [1.54, 1.807) is 18.3 Å². The second-order valence-corrected chi connectivity index (χ2v) is 5.36. The lowest BCUT2D eigenvalue weighted by Crippen LogP contribution is -2.38. The Kier molecular flexibility index (Phi) is 4.53. The van der Waals surface area contributed by atoms with Gasteiger partial charge in [-0.15, -0.1) is 0 Å². The largest absolute Gasteiger partial charge is 0.489 e. The van der Waals surface area contributed by atoms with Gasteiger partial charge in [0.05, 0.1) is 13.2 Å². The van der Waals surface area contributed by atoms with Gasteiger partial charge in [-0.3, -0.25) is 14.1 Å². The molecule has 0 radical (unpaired) electrons. The van der Waals surface area contributed by atoms with Gasteiger partial charge in [-0.2, -0.15) is 0 Å². The fourth-order valence-electron chi connectivity index (χ4n) is 2.56. The quantitative estimate of drug-likeness (QED) is 0.651. The van der Waals surface area contributed by atoms with Gasteiger partial charge in [0.2, 0.25) is 0 Å². The Hall–Kier alpha value is -1.74. The number of morpholine rings is 1. The van der Waals surface area contributed by atoms with Crippen molar-refractivity contribution in [3.8, 4) is 0 Å². The molecule has 2 aromatic heterocycles. The van der Waals surface area contributed by atoms with Gasteiger partial charge in [0.25, 0.3) is 5.56 Å². The summed E-state index contributed by atoms with van der Waals surface area (Å²) in [6.45, 7) is 4.00. The van der Waals surface area contributed by atoms with Crippen LogP contribution in [-0.4, -0.2) is 64.3 Å². The molecule has 1 saturated heterocycles. The molecule has 0 aromatic carbocycles. The van der Waals surface area contributed by atoms with Crippen LogP contribution in [0.1, 0.15) is 5.56 Å². The van der Waals surface area contributed by atoms with Crippen molar-refractivity contribution >= 4 is 18.2 Å². The number of fused-ring (bicyclic) bond motifs is 1. The molecule has 7 nitrogen and oxygen atoms in total. The number of pyridine rings is 1. The Morgan fingerprint density at radius 1 is 1.27 bits per heavy atom. The first-order chi connectivity index (χ1) is 10.6. The van der Waals surface area contributed by atoms with Crippen LogP contribution in [-0.2, 0) is 11.2 Å². The van der Waals surface area contributed by atoms with Crippen LogP contribution in [0.2, 0.25) is 0 Å². The van der Waals surface area contributed by atoms with Gasteiger partial charge in [-0.1, -0.05) is 6.07 Å². The lowest BCUT2D eigenvalue weighted by atomic mass is 9.82. The maximum atomic E-state index is 12.5. The molecular formula is C14H18BN3O4. The van der Waals surface area contributed by atoms with Crippen LogP contribution in [0, 0.1) is 0 Å². The molecule has 0 saturated carbocycles. The van der Waals surface area contributed by atoms with Crippen molar-refractivity contribution in [2.24, 2.45) is 0 Å². The summed E-state index contributed by atoms with van der Waals surface area (Å²) in [6.07, 6.45) is 3.64. The molecule has 2 N–H and O–H groups in total. The third-order valence-electron chi connectivity index (χ3n) is 3.90. The van der Waals surface area contributed by atoms with Crippen LogP contribution in [0.3, 0.4) is 0 Å². The average molecular weight is 303 g/mol. The molecular weight excluding hydrogens is 285 g/mol. The van der Waals surface area contributed by atoms with E-state index in [2.05, 4.69) is 9.88 Å². The molecule has 0 aliphatic carbocycles. The van der Waals surface area contributed by atoms with Crippen molar-refractivity contribution in [2.75, 3.05) is 32.8 Å². The van der Waals surface area contributed by atoms with Gasteiger partial charge in [0, 0.05) is 37.6 Å². The summed E-state index contributed by atoms with van der Waals surface area (Å²) in [4.78, 5) is 19.0. The molecule has 8 heteroatoms. The van der Waals surface area contributed by atoms with E-state index < -0.39 is 7.12 Å². The minimum Gasteiger partial charge on any atom is -0.423 e. The highest BCUT2D eigenvalue weighted by molar-refractivity contribution is 6.58. The van der Waals surface area contributed by atoms with E-state index in [4.69, 9.17) is 4.74 Å². The zero-order chi connectivity index (χ0) is 15.5. The molecule has 22 heavy (non-hydrogen) atoms. The van der Waals surface area contributed by atoms with Crippen molar-refractivity contribution in [3.05, 3.63) is 40.4 Å². The van der Waals surface area contributed by atoms with Crippen molar-refractivity contribution in [2.45, 2.75) is 6.42 Å². The van der Waals surface area contributed by atoms with Crippen LogP contribution in [0.5, 0.6) is 0 Å². The Labute approximate surface area is 127 Å². The van der Waals surface area contributed by atoms with E-state index in [0.29, 0.717) is 17.6 Å². The molecule has 0 amide bonds. The summed E-state index contributed by atoms with van der Waals surface area (Å²) in [5, 5.41) is 18.4. The molecule has 0 atom stereocenters. The third kappa shape index (κ3) is 3.20. The van der Waals surface area contributed by atoms with E-state index in [1.807, 2.05) is 0 Å². The van der Waals surface area contributed by atoms with E-state index in [-0.39, 0.29) is 11.0 Å². The molecule has 1 aliphatic rings. The molecule has 3 heterocycles. The lowest BCUT2D eigenvalue weighted by molar-refractivity contribution is 0.0384. The molecule has 0 spiro atoms. The first-order valence-electron chi connectivity index (χ1n) is 7.31. The highest BCUT2D eigenvalue weighted by Crippen LogP contribution is 2.01. The zero-order valence-electron chi connectivity index (χ0n) is 12.2. The summed E-state index contributed by atoms with van der Waals surface area (Å²) >= 11 is 0. The Bertz CT molecular complexity index is 713. The van der Waals surface area contributed by atoms with Crippen LogP contribution in [0.4, 0.5) is 0 Å². The second-order valence-electron chi connectivity index (χ2n) is 5.36. The van der Waals surface area contributed by atoms with E-state index in [0.717, 1.165) is 32.8 Å². The van der Waals surface area contributed by atoms with Gasteiger partial charge < -0.3 is 14.8 Å². The van der Waals surface area contributed by atoms with Crippen molar-refractivity contribution in [1.29, 1.82) is 0 Å². The minimum absolute atomic E-state index is 0.166. The number of hydrogen-bond donors (Lipinski definition) is 2. The molecule has 2 aromatic rings. The summed E-state index contributed by atoms with van der Waals surface area (Å²) in [5.41, 5.74) is 1.21. The number of aromatic nitrogens is 2. The predicted octanol–water partition coefficient (Wildman–Crippen LogP) is -1.75. The average Bonchev–Trinajstić information content (AvgIpc) is 2.55. The van der Waals surface area contributed by atoms with Gasteiger partial charge >= 0.3 is 7.12 Å². The van der Waals surface area contributed by atoms with E-state index in [9.17, 15) is 14.8 Å². The predicted molar refractivity (Wildman–Crippen MR) is 82.3 cm³/mol. The number of nitrogens with zero attached hydrogens (tertiary/aromatic N) is 3. The monoisotopic (exact) mass is 303 g/mol. The SMILES string of the molecule is O=c1c(CCN2CCOCC2)cnc2ccc(B(O)O)cn12. The van der Waals surface area contributed by atoms with Crippen molar-refractivity contribution < 1.29 is 14.8 Å². The third-order valence-corrected chi connectivity index (χ3v) is 3.90. The van der Waals surface area contributed by atoms with Gasteiger partial charge in [0.1, 0.15) is 5.65 Å². The zero-order valence-corrected chi connectivity index (χ0v) is 12.2. The molecule has 0 bridgehead atoms. The first kappa shape index (κ1) is 15.2. The van der Waals surface area contributed by atoms with Gasteiger partial charge in [-0.05, 0) is 17.9 Å². The standard InChI is InChI=1S/C14H18BN3O4/c19-14-11(3-4-17-5-7-22-8-6-17)9-16-13-2-1-12(15(20)21)10-18(13)14/h1-2,9-10,20-21H,3-8H2. The van der Waals surface area contributed by atoms with Crippen molar-refractivity contribution in [1.82, 2.24) is 14.3 Å². The smallest absolute Gasteiger partial charge is 0.423 e. The van der Waals surface area contributed by atoms with Crippen LogP contribution >= 0.6 is 0 Å². The highest BCUT2D eigenvalue weighted by atomic mass is 16.5. The molecule has 1 aliphatic heterocycles. The maximum Gasteiger partial charge on any atom is 0.489 e. The maximum absolute atomic E-state index is 12.5. The van der Waals surface area contributed by atoms with Crippen LogP contribution < -0.4 is 11.0 Å². The van der Waals surface area contributed by atoms with Crippen LogP contribution in [0.15, 0.2) is 29.3 Å². The summed E-state index contributed by atoms with van der Waals surface area (Å²) < 4.78 is 6.67. The molecule has 1 fully saturated rings. The number of rotatable bonds is 4.